The highest BCUT2D eigenvalue weighted by atomic mass is 35.5. The molecule has 0 aliphatic carbocycles. The van der Waals surface area contributed by atoms with E-state index in [9.17, 15) is 9.59 Å². The molecule has 22 heavy (non-hydrogen) atoms. The lowest BCUT2D eigenvalue weighted by Crippen LogP contribution is -2.35. The van der Waals surface area contributed by atoms with Crippen LogP contribution in [-0.4, -0.2) is 30.5 Å². The second-order valence-corrected chi connectivity index (χ2v) is 4.97. The minimum atomic E-state index is -0.549. The fraction of sp³-hybridized carbons (Fsp3) is 0.133. The van der Waals surface area contributed by atoms with Gasteiger partial charge in [-0.2, -0.15) is 0 Å². The Labute approximate surface area is 131 Å². The summed E-state index contributed by atoms with van der Waals surface area (Å²) < 4.78 is 10.3. The number of anilines is 1. The third-order valence-electron chi connectivity index (χ3n) is 3.18. The number of aromatic nitrogens is 1. The first kappa shape index (κ1) is 14.3. The SMILES string of the molecule is COC(=O)CN1C(=O)c2cccnc2Oc2ccc(Cl)cc21. The molecule has 1 amide bonds. The molecule has 0 unspecified atom stereocenters. The average Bonchev–Trinajstić information content (AvgIpc) is 2.64. The van der Waals surface area contributed by atoms with E-state index in [0.717, 1.165) is 0 Å². The lowest BCUT2D eigenvalue weighted by molar-refractivity contribution is -0.138. The number of fused-ring (bicyclic) bond motifs is 2. The zero-order valence-corrected chi connectivity index (χ0v) is 12.3. The average molecular weight is 319 g/mol. The number of pyridine rings is 1. The molecule has 0 radical (unpaired) electrons. The molecule has 6 nitrogen and oxygen atoms in total. The van der Waals surface area contributed by atoms with Crippen LogP contribution in [0.4, 0.5) is 5.69 Å². The second kappa shape index (κ2) is 5.65. The molecule has 0 fully saturated rings. The van der Waals surface area contributed by atoms with Crippen LogP contribution in [0.5, 0.6) is 11.6 Å². The Morgan fingerprint density at radius 2 is 2.23 bits per heavy atom. The van der Waals surface area contributed by atoms with E-state index in [0.29, 0.717) is 16.5 Å². The molecule has 0 saturated heterocycles. The lowest BCUT2D eigenvalue weighted by atomic mass is 10.2. The number of hydrogen-bond acceptors (Lipinski definition) is 5. The molecule has 2 heterocycles. The predicted molar refractivity (Wildman–Crippen MR) is 79.5 cm³/mol. The van der Waals surface area contributed by atoms with Crippen molar-refractivity contribution < 1.29 is 19.1 Å². The molecule has 0 saturated carbocycles. The highest BCUT2D eigenvalue weighted by molar-refractivity contribution is 6.31. The van der Waals surface area contributed by atoms with Gasteiger partial charge in [0.2, 0.25) is 5.88 Å². The van der Waals surface area contributed by atoms with Crippen LogP contribution in [0.25, 0.3) is 0 Å². The number of nitrogens with zero attached hydrogens (tertiary/aromatic N) is 2. The van der Waals surface area contributed by atoms with Gasteiger partial charge in [0, 0.05) is 11.2 Å². The first-order valence-corrected chi connectivity index (χ1v) is 6.79. The lowest BCUT2D eigenvalue weighted by Gasteiger charge is -2.20. The standard InChI is InChI=1S/C15H11ClN2O4/c1-21-13(19)8-18-11-7-9(16)4-5-12(11)22-14-10(15(18)20)3-2-6-17-14/h2-7H,8H2,1H3. The molecule has 1 aliphatic heterocycles. The third-order valence-corrected chi connectivity index (χ3v) is 3.42. The molecule has 1 aromatic heterocycles. The van der Waals surface area contributed by atoms with Gasteiger partial charge in [-0.15, -0.1) is 0 Å². The van der Waals surface area contributed by atoms with Gasteiger partial charge in [-0.1, -0.05) is 11.6 Å². The van der Waals surface area contributed by atoms with E-state index in [4.69, 9.17) is 16.3 Å². The Morgan fingerprint density at radius 3 is 3.00 bits per heavy atom. The molecule has 0 atom stereocenters. The third kappa shape index (κ3) is 2.48. The maximum atomic E-state index is 12.7. The fourth-order valence-electron chi connectivity index (χ4n) is 2.13. The van der Waals surface area contributed by atoms with Crippen LogP contribution in [0.3, 0.4) is 0 Å². The van der Waals surface area contributed by atoms with Crippen molar-refractivity contribution in [1.29, 1.82) is 0 Å². The molecule has 0 spiro atoms. The van der Waals surface area contributed by atoms with Gasteiger partial charge in [0.25, 0.3) is 5.91 Å². The minimum Gasteiger partial charge on any atom is -0.468 e. The Bertz CT molecular complexity index is 763. The topological polar surface area (TPSA) is 68.7 Å². The fourth-order valence-corrected chi connectivity index (χ4v) is 2.30. The van der Waals surface area contributed by atoms with Crippen LogP contribution in [-0.2, 0) is 9.53 Å². The van der Waals surface area contributed by atoms with Crippen molar-refractivity contribution in [2.75, 3.05) is 18.6 Å². The van der Waals surface area contributed by atoms with Gasteiger partial charge >= 0.3 is 5.97 Å². The van der Waals surface area contributed by atoms with Crippen LogP contribution in [0.1, 0.15) is 10.4 Å². The van der Waals surface area contributed by atoms with Crippen LogP contribution < -0.4 is 9.64 Å². The summed E-state index contributed by atoms with van der Waals surface area (Å²) in [4.78, 5) is 29.7. The zero-order valence-electron chi connectivity index (χ0n) is 11.6. The number of amides is 1. The molecule has 1 aliphatic rings. The van der Waals surface area contributed by atoms with Gasteiger partial charge < -0.3 is 9.47 Å². The van der Waals surface area contributed by atoms with Crippen LogP contribution in [0.2, 0.25) is 5.02 Å². The van der Waals surface area contributed by atoms with Crippen molar-refractivity contribution in [2.45, 2.75) is 0 Å². The maximum Gasteiger partial charge on any atom is 0.325 e. The van der Waals surface area contributed by atoms with Crippen molar-refractivity contribution in [3.8, 4) is 11.6 Å². The molecule has 0 N–H and O–H groups in total. The van der Waals surface area contributed by atoms with Gasteiger partial charge in [-0.05, 0) is 30.3 Å². The summed E-state index contributed by atoms with van der Waals surface area (Å²) in [5.74, 6) is -0.385. The summed E-state index contributed by atoms with van der Waals surface area (Å²) in [6.45, 7) is -0.250. The van der Waals surface area contributed by atoms with Gasteiger partial charge in [0.05, 0.1) is 12.8 Å². The predicted octanol–water partition coefficient (Wildman–Crippen LogP) is 2.66. The van der Waals surface area contributed by atoms with Gasteiger partial charge in [0.15, 0.2) is 5.75 Å². The Morgan fingerprint density at radius 1 is 1.41 bits per heavy atom. The van der Waals surface area contributed by atoms with E-state index in [2.05, 4.69) is 9.72 Å². The number of esters is 1. The highest BCUT2D eigenvalue weighted by Crippen LogP contribution is 2.39. The summed E-state index contributed by atoms with van der Waals surface area (Å²) in [5.41, 5.74) is 0.652. The summed E-state index contributed by atoms with van der Waals surface area (Å²) in [6.07, 6.45) is 1.53. The number of hydrogen-bond donors (Lipinski definition) is 0. The summed E-state index contributed by atoms with van der Waals surface area (Å²) in [6, 6.07) is 8.03. The molecule has 3 rings (SSSR count). The van der Waals surface area contributed by atoms with Crippen LogP contribution in [0, 0.1) is 0 Å². The largest absolute Gasteiger partial charge is 0.468 e. The quantitative estimate of drug-likeness (QED) is 0.796. The summed E-state index contributed by atoms with van der Waals surface area (Å²) >= 11 is 6.00. The number of carbonyl (C=O) groups excluding carboxylic acids is 2. The number of methoxy groups -OCH3 is 1. The van der Waals surface area contributed by atoms with Crippen molar-refractivity contribution in [3.05, 3.63) is 47.1 Å². The Kier molecular flexibility index (Phi) is 3.68. The van der Waals surface area contributed by atoms with Crippen LogP contribution >= 0.6 is 11.6 Å². The van der Waals surface area contributed by atoms with E-state index in [1.165, 1.54) is 18.2 Å². The van der Waals surface area contributed by atoms with Crippen LogP contribution in [0.15, 0.2) is 36.5 Å². The summed E-state index contributed by atoms with van der Waals surface area (Å²) in [7, 11) is 1.26. The Hall–Kier alpha value is -2.60. The Balaban J connectivity index is 2.16. The van der Waals surface area contributed by atoms with Crippen molar-refractivity contribution in [1.82, 2.24) is 4.98 Å². The molecule has 0 bridgehead atoms. The zero-order chi connectivity index (χ0) is 15.7. The summed E-state index contributed by atoms with van der Waals surface area (Å²) in [5, 5.41) is 0.420. The number of ether oxygens (including phenoxy) is 2. The van der Waals surface area contributed by atoms with E-state index >= 15 is 0 Å². The molecule has 1 aromatic carbocycles. The van der Waals surface area contributed by atoms with E-state index < -0.39 is 11.9 Å². The van der Waals surface area contributed by atoms with E-state index in [-0.39, 0.29) is 18.0 Å². The number of rotatable bonds is 2. The number of halogens is 1. The normalized spacial score (nSPS) is 12.8. The van der Waals surface area contributed by atoms with E-state index in [1.807, 2.05) is 0 Å². The van der Waals surface area contributed by atoms with Crippen molar-refractivity contribution >= 4 is 29.2 Å². The molecule has 112 valence electrons. The maximum absolute atomic E-state index is 12.7. The molecular weight excluding hydrogens is 308 g/mol. The molecular formula is C15H11ClN2O4. The highest BCUT2D eigenvalue weighted by Gasteiger charge is 2.30. The van der Waals surface area contributed by atoms with Gasteiger partial charge in [-0.25, -0.2) is 4.98 Å². The van der Waals surface area contributed by atoms with E-state index in [1.54, 1.807) is 30.3 Å². The minimum absolute atomic E-state index is 0.184. The van der Waals surface area contributed by atoms with Crippen molar-refractivity contribution in [2.24, 2.45) is 0 Å². The first-order chi connectivity index (χ1) is 10.6. The number of benzene rings is 1. The second-order valence-electron chi connectivity index (χ2n) is 4.54. The monoisotopic (exact) mass is 318 g/mol. The number of carbonyl (C=O) groups is 2. The van der Waals surface area contributed by atoms with Crippen molar-refractivity contribution in [3.63, 3.8) is 0 Å². The molecule has 7 heteroatoms. The van der Waals surface area contributed by atoms with Gasteiger partial charge in [-0.3, -0.25) is 14.5 Å². The van der Waals surface area contributed by atoms with Gasteiger partial charge in [0.1, 0.15) is 12.1 Å². The first-order valence-electron chi connectivity index (χ1n) is 6.41. The smallest absolute Gasteiger partial charge is 0.325 e. The molecule has 2 aromatic rings.